The second kappa shape index (κ2) is 8.86. The van der Waals surface area contributed by atoms with Gasteiger partial charge < -0.3 is 24.3 Å². The van der Waals surface area contributed by atoms with Crippen LogP contribution in [0.4, 0.5) is 13.2 Å². The van der Waals surface area contributed by atoms with Gasteiger partial charge in [-0.1, -0.05) is 11.6 Å². The molecule has 6 atom stereocenters. The van der Waals surface area contributed by atoms with Crippen molar-refractivity contribution in [3.63, 3.8) is 0 Å². The smallest absolute Gasteiger partial charge is 0.480 e. The monoisotopic (exact) mass is 529 g/mol. The Labute approximate surface area is 208 Å². The van der Waals surface area contributed by atoms with Gasteiger partial charge in [0.25, 0.3) is 5.91 Å². The average Bonchev–Trinajstić information content (AvgIpc) is 3.51. The molecule has 2 N–H and O–H groups in total. The van der Waals surface area contributed by atoms with Gasteiger partial charge in [-0.05, 0) is 43.9 Å². The number of rotatable bonds is 5. The van der Waals surface area contributed by atoms with Gasteiger partial charge in [0.2, 0.25) is 11.8 Å². The van der Waals surface area contributed by atoms with Crippen molar-refractivity contribution in [1.82, 2.24) is 15.5 Å². The highest BCUT2D eigenvalue weighted by Gasteiger charge is 2.51. The molecule has 9 nitrogen and oxygen atoms in total. The summed E-state index contributed by atoms with van der Waals surface area (Å²) in [6, 6.07) is 4.68. The van der Waals surface area contributed by atoms with Crippen LogP contribution < -0.4 is 10.1 Å². The molecule has 13 heteroatoms. The zero-order chi connectivity index (χ0) is 25.2. The SMILES string of the molecule is O=C(NC1CC2OC1CC2c1nnc(C2CC(OC(F)(F)F)C2)o1)[C@@H]1C[C@@H](O)c2cc(Cl)ccc2O1. The van der Waals surface area contributed by atoms with Crippen molar-refractivity contribution >= 4 is 17.5 Å². The molecule has 36 heavy (non-hydrogen) atoms. The third-order valence-corrected chi connectivity index (χ3v) is 7.63. The molecular formula is C23H23ClF3N3O6. The molecule has 1 aliphatic carbocycles. The molecule has 0 radical (unpaired) electrons. The Bertz CT molecular complexity index is 1160. The second-order valence-corrected chi connectivity index (χ2v) is 10.2. The van der Waals surface area contributed by atoms with E-state index in [2.05, 4.69) is 20.3 Å². The fraction of sp³-hybridized carbons (Fsp3) is 0.609. The molecule has 0 spiro atoms. The zero-order valence-corrected chi connectivity index (χ0v) is 19.5. The molecular weight excluding hydrogens is 507 g/mol. The number of amides is 1. The van der Waals surface area contributed by atoms with Crippen LogP contribution >= 0.6 is 11.6 Å². The first-order valence-electron chi connectivity index (χ1n) is 11.8. The quantitative estimate of drug-likeness (QED) is 0.604. The van der Waals surface area contributed by atoms with Gasteiger partial charge in [0.15, 0.2) is 6.10 Å². The number of hydrogen-bond acceptors (Lipinski definition) is 8. The summed E-state index contributed by atoms with van der Waals surface area (Å²) in [5.74, 6) is 0.421. The topological polar surface area (TPSA) is 116 Å². The van der Waals surface area contributed by atoms with Gasteiger partial charge in [-0.25, -0.2) is 0 Å². The van der Waals surface area contributed by atoms with Gasteiger partial charge in [-0.2, -0.15) is 0 Å². The number of hydrogen-bond donors (Lipinski definition) is 2. The summed E-state index contributed by atoms with van der Waals surface area (Å²) in [4.78, 5) is 12.9. The second-order valence-electron chi connectivity index (χ2n) is 9.78. The number of alkyl halides is 3. The fourth-order valence-corrected chi connectivity index (χ4v) is 5.72. The minimum Gasteiger partial charge on any atom is -0.480 e. The number of aliphatic hydroxyl groups excluding tert-OH is 1. The minimum absolute atomic E-state index is 0.115. The number of ether oxygens (including phenoxy) is 3. The van der Waals surface area contributed by atoms with Gasteiger partial charge in [-0.15, -0.1) is 23.4 Å². The number of fused-ring (bicyclic) bond motifs is 3. The average molecular weight is 530 g/mol. The van der Waals surface area contributed by atoms with E-state index in [-0.39, 0.29) is 55.3 Å². The summed E-state index contributed by atoms with van der Waals surface area (Å²) in [6.07, 6.45) is -6.12. The number of aliphatic hydroxyl groups is 1. The third-order valence-electron chi connectivity index (χ3n) is 7.39. The predicted molar refractivity (Wildman–Crippen MR) is 115 cm³/mol. The lowest BCUT2D eigenvalue weighted by Gasteiger charge is -2.32. The lowest BCUT2D eigenvalue weighted by atomic mass is 9.82. The van der Waals surface area contributed by atoms with Crippen molar-refractivity contribution in [2.24, 2.45) is 0 Å². The zero-order valence-electron chi connectivity index (χ0n) is 18.8. The standard InChI is InChI=1S/C23H23ClF3N3O6/c24-10-1-2-16-12(5-10)15(31)8-19(33-16)20(32)28-14-7-17-13(6-18(14)34-17)22-30-29-21(35-22)9-3-11(4-9)36-23(25,26)27/h1-2,5,9,11,13-15,17-19,31H,3-4,6-8H2,(H,28,32)/t9?,11?,13?,14?,15-,17?,18?,19+/m1/s1. The first-order chi connectivity index (χ1) is 17.1. The Morgan fingerprint density at radius 3 is 2.61 bits per heavy atom. The van der Waals surface area contributed by atoms with Crippen molar-refractivity contribution in [3.05, 3.63) is 40.6 Å². The lowest BCUT2D eigenvalue weighted by Crippen LogP contribution is -2.49. The summed E-state index contributed by atoms with van der Waals surface area (Å²) < 4.78 is 58.6. The molecule has 1 aromatic heterocycles. The number of nitrogens with one attached hydrogen (secondary N) is 1. The van der Waals surface area contributed by atoms with Crippen molar-refractivity contribution in [2.45, 2.75) is 86.9 Å². The molecule has 2 aromatic rings. The molecule has 4 unspecified atom stereocenters. The van der Waals surface area contributed by atoms with Gasteiger partial charge >= 0.3 is 6.36 Å². The van der Waals surface area contributed by atoms with Crippen LogP contribution in [0, 0.1) is 0 Å². The highest BCUT2D eigenvalue weighted by molar-refractivity contribution is 6.30. The highest BCUT2D eigenvalue weighted by Crippen LogP contribution is 2.46. The number of nitrogens with zero attached hydrogens (tertiary/aromatic N) is 2. The van der Waals surface area contributed by atoms with E-state index >= 15 is 0 Å². The van der Waals surface area contributed by atoms with E-state index in [9.17, 15) is 23.1 Å². The van der Waals surface area contributed by atoms with Crippen molar-refractivity contribution < 1.29 is 41.7 Å². The lowest BCUT2D eigenvalue weighted by molar-refractivity contribution is -0.352. The van der Waals surface area contributed by atoms with E-state index in [1.807, 2.05) is 0 Å². The Kier molecular flexibility index (Phi) is 5.90. The largest absolute Gasteiger partial charge is 0.522 e. The maximum absolute atomic E-state index is 12.9. The molecule has 3 aliphatic heterocycles. The van der Waals surface area contributed by atoms with E-state index in [0.717, 1.165) is 0 Å². The number of benzene rings is 1. The maximum Gasteiger partial charge on any atom is 0.522 e. The molecule has 1 saturated carbocycles. The van der Waals surface area contributed by atoms with Crippen LogP contribution in [0.3, 0.4) is 0 Å². The normalized spacial score (nSPS) is 35.1. The summed E-state index contributed by atoms with van der Waals surface area (Å²) in [6.45, 7) is 0. The maximum atomic E-state index is 12.9. The van der Waals surface area contributed by atoms with E-state index in [0.29, 0.717) is 41.0 Å². The van der Waals surface area contributed by atoms with Gasteiger partial charge in [0.05, 0.1) is 36.4 Å². The summed E-state index contributed by atoms with van der Waals surface area (Å²) in [7, 11) is 0. The highest BCUT2D eigenvalue weighted by atomic mass is 35.5. The molecule has 4 heterocycles. The predicted octanol–water partition coefficient (Wildman–Crippen LogP) is 3.52. The van der Waals surface area contributed by atoms with Crippen LogP contribution in [0.25, 0.3) is 0 Å². The molecule has 3 fully saturated rings. The Morgan fingerprint density at radius 2 is 1.89 bits per heavy atom. The first kappa shape index (κ1) is 24.0. The molecule has 4 aliphatic rings. The van der Waals surface area contributed by atoms with E-state index < -0.39 is 24.7 Å². The van der Waals surface area contributed by atoms with Crippen molar-refractivity contribution in [2.75, 3.05) is 0 Å². The van der Waals surface area contributed by atoms with Crippen molar-refractivity contribution in [1.29, 1.82) is 0 Å². The number of carbonyl (C=O) groups is 1. The van der Waals surface area contributed by atoms with E-state index in [1.165, 1.54) is 0 Å². The van der Waals surface area contributed by atoms with Gasteiger partial charge in [0, 0.05) is 22.9 Å². The van der Waals surface area contributed by atoms with Crippen LogP contribution in [0.1, 0.15) is 67.4 Å². The van der Waals surface area contributed by atoms with Crippen LogP contribution in [-0.4, -0.2) is 58.0 Å². The van der Waals surface area contributed by atoms with E-state index in [4.69, 9.17) is 25.5 Å². The van der Waals surface area contributed by atoms with Gasteiger partial charge in [0.1, 0.15) is 5.75 Å². The molecule has 2 saturated heterocycles. The fourth-order valence-electron chi connectivity index (χ4n) is 5.54. The number of aromatic nitrogens is 2. The van der Waals surface area contributed by atoms with Crippen LogP contribution in [0.15, 0.2) is 22.6 Å². The third kappa shape index (κ3) is 4.55. The molecule has 1 aromatic carbocycles. The Morgan fingerprint density at radius 1 is 1.11 bits per heavy atom. The number of halogens is 4. The van der Waals surface area contributed by atoms with Crippen molar-refractivity contribution in [3.8, 4) is 5.75 Å². The first-order valence-corrected chi connectivity index (χ1v) is 12.2. The van der Waals surface area contributed by atoms with E-state index in [1.54, 1.807) is 18.2 Å². The summed E-state index contributed by atoms with van der Waals surface area (Å²) >= 11 is 5.98. The summed E-state index contributed by atoms with van der Waals surface area (Å²) in [5.41, 5.74) is 0.557. The Hall–Kier alpha value is -2.41. The van der Waals surface area contributed by atoms with Crippen LogP contribution in [0.2, 0.25) is 5.02 Å². The minimum atomic E-state index is -4.65. The molecule has 1 amide bonds. The molecule has 2 bridgehead atoms. The number of carbonyl (C=O) groups excluding carboxylic acids is 1. The molecule has 194 valence electrons. The summed E-state index contributed by atoms with van der Waals surface area (Å²) in [5, 5.41) is 22.0. The van der Waals surface area contributed by atoms with Gasteiger partial charge in [-0.3, -0.25) is 9.53 Å². The Balaban J connectivity index is 1.02. The molecule has 6 rings (SSSR count). The van der Waals surface area contributed by atoms with Crippen LogP contribution in [0.5, 0.6) is 5.75 Å². The van der Waals surface area contributed by atoms with Crippen LogP contribution in [-0.2, 0) is 14.3 Å².